The SMILES string of the molecule is O=C(O)c1cccc2c1C(CNC1CC1)CC2. The molecule has 1 fully saturated rings. The van der Waals surface area contributed by atoms with E-state index >= 15 is 0 Å². The number of carbonyl (C=O) groups is 1. The highest BCUT2D eigenvalue weighted by Gasteiger charge is 2.29. The lowest BCUT2D eigenvalue weighted by atomic mass is 9.95. The van der Waals surface area contributed by atoms with Crippen LogP contribution in [0.3, 0.4) is 0 Å². The number of nitrogens with one attached hydrogen (secondary N) is 1. The van der Waals surface area contributed by atoms with Crippen LogP contribution < -0.4 is 5.32 Å². The zero-order chi connectivity index (χ0) is 11.8. The summed E-state index contributed by atoms with van der Waals surface area (Å²) in [4.78, 5) is 11.2. The molecule has 3 nitrogen and oxygen atoms in total. The Morgan fingerprint density at radius 2 is 2.18 bits per heavy atom. The van der Waals surface area contributed by atoms with E-state index in [0.29, 0.717) is 17.5 Å². The van der Waals surface area contributed by atoms with Crippen molar-refractivity contribution in [3.8, 4) is 0 Å². The molecule has 1 saturated carbocycles. The van der Waals surface area contributed by atoms with Gasteiger partial charge in [0.2, 0.25) is 0 Å². The Kier molecular flexibility index (Phi) is 2.63. The fourth-order valence-corrected chi connectivity index (χ4v) is 2.77. The van der Waals surface area contributed by atoms with E-state index in [2.05, 4.69) is 11.4 Å². The van der Waals surface area contributed by atoms with Gasteiger partial charge < -0.3 is 10.4 Å². The van der Waals surface area contributed by atoms with Gasteiger partial charge in [0, 0.05) is 12.6 Å². The topological polar surface area (TPSA) is 49.3 Å². The van der Waals surface area contributed by atoms with Crippen molar-refractivity contribution in [3.05, 3.63) is 34.9 Å². The molecule has 0 aliphatic heterocycles. The van der Waals surface area contributed by atoms with E-state index in [1.165, 1.54) is 18.4 Å². The Balaban J connectivity index is 1.85. The Morgan fingerprint density at radius 3 is 2.88 bits per heavy atom. The van der Waals surface area contributed by atoms with Crippen molar-refractivity contribution in [3.63, 3.8) is 0 Å². The highest BCUT2D eigenvalue weighted by Crippen LogP contribution is 2.35. The Morgan fingerprint density at radius 1 is 1.35 bits per heavy atom. The smallest absolute Gasteiger partial charge is 0.335 e. The van der Waals surface area contributed by atoms with Gasteiger partial charge in [0.1, 0.15) is 0 Å². The van der Waals surface area contributed by atoms with Gasteiger partial charge in [-0.25, -0.2) is 4.79 Å². The Hall–Kier alpha value is -1.35. The number of aromatic carboxylic acids is 1. The number of carboxylic acids is 1. The predicted molar refractivity (Wildman–Crippen MR) is 65.5 cm³/mol. The molecule has 3 heteroatoms. The number of aryl methyl sites for hydroxylation is 1. The second-order valence-electron chi connectivity index (χ2n) is 5.10. The van der Waals surface area contributed by atoms with Crippen molar-refractivity contribution >= 4 is 5.97 Å². The maximum absolute atomic E-state index is 11.2. The van der Waals surface area contributed by atoms with E-state index in [9.17, 15) is 9.90 Å². The van der Waals surface area contributed by atoms with Crippen LogP contribution in [0, 0.1) is 0 Å². The van der Waals surface area contributed by atoms with Crippen molar-refractivity contribution in [1.29, 1.82) is 0 Å². The number of fused-ring (bicyclic) bond motifs is 1. The van der Waals surface area contributed by atoms with Crippen molar-refractivity contribution in [1.82, 2.24) is 5.32 Å². The number of benzene rings is 1. The summed E-state index contributed by atoms with van der Waals surface area (Å²) in [6.07, 6.45) is 4.66. The van der Waals surface area contributed by atoms with Crippen LogP contribution in [0.2, 0.25) is 0 Å². The van der Waals surface area contributed by atoms with Crippen LogP contribution in [0.5, 0.6) is 0 Å². The zero-order valence-electron chi connectivity index (χ0n) is 9.78. The van der Waals surface area contributed by atoms with Crippen molar-refractivity contribution in [2.45, 2.75) is 37.6 Å². The molecule has 1 aromatic rings. The van der Waals surface area contributed by atoms with E-state index in [1.54, 1.807) is 6.07 Å². The standard InChI is InChI=1S/C14H17NO2/c16-14(17)12-3-1-2-9-4-5-10(13(9)12)8-15-11-6-7-11/h1-3,10-11,15H,4-8H2,(H,16,17). The maximum atomic E-state index is 11.2. The summed E-state index contributed by atoms with van der Waals surface area (Å²) in [6.45, 7) is 0.932. The summed E-state index contributed by atoms with van der Waals surface area (Å²) in [7, 11) is 0. The number of hydrogen-bond donors (Lipinski definition) is 2. The molecule has 0 bridgehead atoms. The summed E-state index contributed by atoms with van der Waals surface area (Å²) >= 11 is 0. The second kappa shape index (κ2) is 4.15. The summed E-state index contributed by atoms with van der Waals surface area (Å²) in [5.74, 6) is -0.405. The quantitative estimate of drug-likeness (QED) is 0.835. The lowest BCUT2D eigenvalue weighted by molar-refractivity contribution is 0.0695. The van der Waals surface area contributed by atoms with Crippen LogP contribution >= 0.6 is 0 Å². The van der Waals surface area contributed by atoms with E-state index in [0.717, 1.165) is 24.9 Å². The number of hydrogen-bond acceptors (Lipinski definition) is 2. The largest absolute Gasteiger partial charge is 0.478 e. The van der Waals surface area contributed by atoms with Crippen molar-refractivity contribution < 1.29 is 9.90 Å². The number of carboxylic acid groups (broad SMARTS) is 1. The van der Waals surface area contributed by atoms with Crippen LogP contribution in [-0.2, 0) is 6.42 Å². The molecule has 0 radical (unpaired) electrons. The molecule has 17 heavy (non-hydrogen) atoms. The van der Waals surface area contributed by atoms with E-state index in [1.807, 2.05) is 6.07 Å². The molecule has 0 spiro atoms. The third-order valence-electron chi connectivity index (χ3n) is 3.83. The first kappa shape index (κ1) is 10.8. The fraction of sp³-hybridized carbons (Fsp3) is 0.500. The van der Waals surface area contributed by atoms with Gasteiger partial charge in [-0.2, -0.15) is 0 Å². The molecular weight excluding hydrogens is 214 g/mol. The number of rotatable bonds is 4. The van der Waals surface area contributed by atoms with Gasteiger partial charge in [0.25, 0.3) is 0 Å². The maximum Gasteiger partial charge on any atom is 0.335 e. The van der Waals surface area contributed by atoms with Crippen LogP contribution in [0.1, 0.15) is 46.7 Å². The normalized spacial score (nSPS) is 22.5. The monoisotopic (exact) mass is 231 g/mol. The van der Waals surface area contributed by atoms with Crippen LogP contribution in [-0.4, -0.2) is 23.7 Å². The summed E-state index contributed by atoms with van der Waals surface area (Å²) < 4.78 is 0. The first-order chi connectivity index (χ1) is 8.25. The van der Waals surface area contributed by atoms with Gasteiger partial charge >= 0.3 is 5.97 Å². The minimum atomic E-state index is -0.792. The molecule has 1 atom stereocenters. The third kappa shape index (κ3) is 2.07. The zero-order valence-corrected chi connectivity index (χ0v) is 9.78. The summed E-state index contributed by atoms with van der Waals surface area (Å²) in [5, 5.41) is 12.7. The molecule has 0 saturated heterocycles. The van der Waals surface area contributed by atoms with E-state index in [-0.39, 0.29) is 0 Å². The highest BCUT2D eigenvalue weighted by atomic mass is 16.4. The molecule has 2 aliphatic carbocycles. The predicted octanol–water partition coefficient (Wildman–Crippen LogP) is 2.17. The first-order valence-corrected chi connectivity index (χ1v) is 6.34. The first-order valence-electron chi connectivity index (χ1n) is 6.34. The minimum Gasteiger partial charge on any atom is -0.478 e. The van der Waals surface area contributed by atoms with Gasteiger partial charge in [-0.05, 0) is 48.8 Å². The summed E-state index contributed by atoms with van der Waals surface area (Å²) in [5.41, 5.74) is 2.81. The molecule has 1 unspecified atom stereocenters. The second-order valence-corrected chi connectivity index (χ2v) is 5.10. The molecule has 2 N–H and O–H groups in total. The molecule has 0 aromatic heterocycles. The van der Waals surface area contributed by atoms with E-state index in [4.69, 9.17) is 0 Å². The van der Waals surface area contributed by atoms with Crippen LogP contribution in [0.4, 0.5) is 0 Å². The van der Waals surface area contributed by atoms with Gasteiger partial charge in [0.15, 0.2) is 0 Å². The van der Waals surface area contributed by atoms with Gasteiger partial charge in [-0.1, -0.05) is 12.1 Å². The third-order valence-corrected chi connectivity index (χ3v) is 3.83. The Bertz CT molecular complexity index is 452. The average molecular weight is 231 g/mol. The minimum absolute atomic E-state index is 0.387. The van der Waals surface area contributed by atoms with Gasteiger partial charge in [0.05, 0.1) is 5.56 Å². The molecule has 0 amide bonds. The van der Waals surface area contributed by atoms with Crippen molar-refractivity contribution in [2.24, 2.45) is 0 Å². The lowest BCUT2D eigenvalue weighted by Crippen LogP contribution is -2.23. The Labute approximate surface area is 101 Å². The molecular formula is C14H17NO2. The van der Waals surface area contributed by atoms with Gasteiger partial charge in [-0.15, -0.1) is 0 Å². The average Bonchev–Trinajstić information content (AvgIpc) is 3.06. The van der Waals surface area contributed by atoms with Crippen molar-refractivity contribution in [2.75, 3.05) is 6.54 Å². The summed E-state index contributed by atoms with van der Waals surface area (Å²) in [6, 6.07) is 6.35. The fourth-order valence-electron chi connectivity index (χ4n) is 2.77. The molecule has 90 valence electrons. The molecule has 1 aromatic carbocycles. The lowest BCUT2D eigenvalue weighted by Gasteiger charge is -2.14. The molecule has 0 heterocycles. The van der Waals surface area contributed by atoms with Gasteiger partial charge in [-0.3, -0.25) is 0 Å². The molecule has 2 aliphatic rings. The molecule has 3 rings (SSSR count). The van der Waals surface area contributed by atoms with Crippen LogP contribution in [0.15, 0.2) is 18.2 Å². The van der Waals surface area contributed by atoms with E-state index < -0.39 is 5.97 Å². The van der Waals surface area contributed by atoms with Crippen LogP contribution in [0.25, 0.3) is 0 Å². The highest BCUT2D eigenvalue weighted by molar-refractivity contribution is 5.90.